The van der Waals surface area contributed by atoms with Gasteiger partial charge in [-0.15, -0.1) is 0 Å². The summed E-state index contributed by atoms with van der Waals surface area (Å²) in [5, 5.41) is 3.73. The summed E-state index contributed by atoms with van der Waals surface area (Å²) in [4.78, 5) is 0.140. The molecule has 0 saturated carbocycles. The maximum Gasteiger partial charge on any atom is 0.249 e. The molecule has 1 fully saturated rings. The lowest BCUT2D eigenvalue weighted by Gasteiger charge is -2.24. The average molecular weight is 324 g/mol. The second kappa shape index (κ2) is 5.48. The van der Waals surface area contributed by atoms with Crippen LogP contribution in [-0.2, 0) is 10.0 Å². The maximum absolute atomic E-state index is 13.1. The largest absolute Gasteiger partial charge is 0.360 e. The Balaban J connectivity index is 2.01. The molecule has 0 unspecified atom stereocenters. The zero-order chi connectivity index (χ0) is 15.9. The van der Waals surface area contributed by atoms with Crippen LogP contribution in [0, 0.1) is 19.7 Å². The van der Waals surface area contributed by atoms with Crippen molar-refractivity contribution in [3.8, 4) is 0 Å². The van der Waals surface area contributed by atoms with E-state index in [9.17, 15) is 12.8 Å². The molecule has 0 spiro atoms. The van der Waals surface area contributed by atoms with Crippen LogP contribution in [0.4, 0.5) is 4.39 Å². The van der Waals surface area contributed by atoms with Crippen molar-refractivity contribution in [2.75, 3.05) is 6.54 Å². The van der Waals surface area contributed by atoms with Gasteiger partial charge >= 0.3 is 0 Å². The number of nitrogens with zero attached hydrogens (tertiary/aromatic N) is 2. The number of aryl methyl sites for hydroxylation is 2. The molecule has 7 heteroatoms. The highest BCUT2D eigenvalue weighted by molar-refractivity contribution is 7.89. The Morgan fingerprint density at radius 2 is 1.95 bits per heavy atom. The van der Waals surface area contributed by atoms with Gasteiger partial charge in [0.1, 0.15) is 16.4 Å². The van der Waals surface area contributed by atoms with Crippen LogP contribution in [0.1, 0.15) is 35.9 Å². The summed E-state index contributed by atoms with van der Waals surface area (Å²) < 4.78 is 45.4. The average Bonchev–Trinajstić information content (AvgIpc) is 3.07. The first-order valence-corrected chi connectivity index (χ1v) is 8.55. The van der Waals surface area contributed by atoms with Crippen molar-refractivity contribution in [2.45, 2.75) is 37.6 Å². The number of hydrogen-bond donors (Lipinski definition) is 0. The standard InChI is InChI=1S/C15H17FN2O3S/c1-10-15(11(2)21-17-10)22(19,20)18-9-3-4-14(18)12-5-7-13(16)8-6-12/h5-8,14H,3-4,9H2,1-2H3/t14-/m0/s1. The van der Waals surface area contributed by atoms with Gasteiger partial charge in [0.2, 0.25) is 10.0 Å². The van der Waals surface area contributed by atoms with Gasteiger partial charge in [-0.3, -0.25) is 0 Å². The maximum atomic E-state index is 13.1. The Kier molecular flexibility index (Phi) is 3.78. The molecule has 1 aromatic carbocycles. The molecule has 1 aliphatic rings. The van der Waals surface area contributed by atoms with Crippen molar-refractivity contribution in [3.63, 3.8) is 0 Å². The minimum absolute atomic E-state index is 0.140. The number of rotatable bonds is 3. The lowest BCUT2D eigenvalue weighted by molar-refractivity contribution is 0.384. The van der Waals surface area contributed by atoms with Crippen molar-refractivity contribution in [2.24, 2.45) is 0 Å². The van der Waals surface area contributed by atoms with E-state index in [-0.39, 0.29) is 16.8 Å². The minimum atomic E-state index is -3.68. The number of aromatic nitrogens is 1. The minimum Gasteiger partial charge on any atom is -0.360 e. The van der Waals surface area contributed by atoms with Crippen LogP contribution in [0.3, 0.4) is 0 Å². The molecule has 22 heavy (non-hydrogen) atoms. The summed E-state index contributed by atoms with van der Waals surface area (Å²) in [6.07, 6.45) is 1.49. The van der Waals surface area contributed by atoms with Crippen molar-refractivity contribution in [1.82, 2.24) is 9.46 Å². The Bertz CT molecular complexity index is 764. The van der Waals surface area contributed by atoms with Gasteiger partial charge in [0.25, 0.3) is 0 Å². The zero-order valence-corrected chi connectivity index (χ0v) is 13.2. The predicted molar refractivity (Wildman–Crippen MR) is 78.2 cm³/mol. The highest BCUT2D eigenvalue weighted by Gasteiger charge is 2.39. The number of sulfonamides is 1. The van der Waals surface area contributed by atoms with Crippen molar-refractivity contribution in [3.05, 3.63) is 47.1 Å². The van der Waals surface area contributed by atoms with Gasteiger partial charge in [0, 0.05) is 6.54 Å². The quantitative estimate of drug-likeness (QED) is 0.871. The molecule has 1 aliphatic heterocycles. The highest BCUT2D eigenvalue weighted by atomic mass is 32.2. The van der Waals surface area contributed by atoms with Crippen molar-refractivity contribution < 1.29 is 17.3 Å². The Morgan fingerprint density at radius 1 is 1.27 bits per heavy atom. The monoisotopic (exact) mass is 324 g/mol. The summed E-state index contributed by atoms with van der Waals surface area (Å²) in [5.74, 6) is -0.0378. The van der Waals surface area contributed by atoms with Crippen LogP contribution in [0.2, 0.25) is 0 Å². The molecule has 2 aromatic rings. The molecular formula is C15H17FN2O3S. The van der Waals surface area contributed by atoms with E-state index in [2.05, 4.69) is 5.16 Å². The zero-order valence-electron chi connectivity index (χ0n) is 12.4. The molecule has 1 atom stereocenters. The van der Waals surface area contributed by atoms with E-state index in [1.54, 1.807) is 26.0 Å². The van der Waals surface area contributed by atoms with E-state index in [4.69, 9.17) is 4.52 Å². The second-order valence-electron chi connectivity index (χ2n) is 5.48. The van der Waals surface area contributed by atoms with Gasteiger partial charge in [-0.05, 0) is 44.4 Å². The lowest BCUT2D eigenvalue weighted by Crippen LogP contribution is -2.31. The fourth-order valence-electron chi connectivity index (χ4n) is 3.01. The fourth-order valence-corrected chi connectivity index (χ4v) is 4.98. The molecule has 5 nitrogen and oxygen atoms in total. The summed E-state index contributed by atoms with van der Waals surface area (Å²) in [7, 11) is -3.68. The fraction of sp³-hybridized carbons (Fsp3) is 0.400. The van der Waals surface area contributed by atoms with E-state index in [1.165, 1.54) is 16.4 Å². The third-order valence-corrected chi connectivity index (χ3v) is 6.15. The number of halogens is 1. The van der Waals surface area contributed by atoms with E-state index < -0.39 is 10.0 Å². The van der Waals surface area contributed by atoms with Crippen LogP contribution in [0.5, 0.6) is 0 Å². The molecule has 2 heterocycles. The third kappa shape index (κ3) is 2.44. The van der Waals surface area contributed by atoms with Crippen LogP contribution in [0.25, 0.3) is 0 Å². The topological polar surface area (TPSA) is 63.4 Å². The van der Waals surface area contributed by atoms with E-state index in [0.717, 1.165) is 12.0 Å². The molecule has 1 saturated heterocycles. The number of benzene rings is 1. The molecule has 0 bridgehead atoms. The molecular weight excluding hydrogens is 307 g/mol. The summed E-state index contributed by atoms with van der Waals surface area (Å²) in [6.45, 7) is 3.65. The van der Waals surface area contributed by atoms with Gasteiger partial charge in [0.05, 0.1) is 6.04 Å². The van der Waals surface area contributed by atoms with Gasteiger partial charge in [-0.1, -0.05) is 17.3 Å². The summed E-state index contributed by atoms with van der Waals surface area (Å²) in [6, 6.07) is 5.71. The Hall–Kier alpha value is -1.73. The van der Waals surface area contributed by atoms with Gasteiger partial charge in [-0.25, -0.2) is 12.8 Å². The van der Waals surface area contributed by atoms with Gasteiger partial charge < -0.3 is 4.52 Å². The first-order valence-electron chi connectivity index (χ1n) is 7.11. The molecule has 1 aromatic heterocycles. The smallest absolute Gasteiger partial charge is 0.249 e. The molecule has 118 valence electrons. The van der Waals surface area contributed by atoms with Crippen LogP contribution in [0.15, 0.2) is 33.7 Å². The van der Waals surface area contributed by atoms with E-state index >= 15 is 0 Å². The third-order valence-electron chi connectivity index (χ3n) is 3.99. The Labute approximate surface area is 128 Å². The second-order valence-corrected chi connectivity index (χ2v) is 7.31. The van der Waals surface area contributed by atoms with E-state index in [0.29, 0.717) is 24.4 Å². The normalized spacial score (nSPS) is 19.7. The van der Waals surface area contributed by atoms with Crippen LogP contribution in [-0.4, -0.2) is 24.4 Å². The van der Waals surface area contributed by atoms with Crippen molar-refractivity contribution >= 4 is 10.0 Å². The van der Waals surface area contributed by atoms with Gasteiger partial charge in [0.15, 0.2) is 5.76 Å². The molecule has 0 radical (unpaired) electrons. The van der Waals surface area contributed by atoms with Crippen molar-refractivity contribution in [1.29, 1.82) is 0 Å². The molecule has 0 aliphatic carbocycles. The first kappa shape index (κ1) is 15.2. The first-order chi connectivity index (χ1) is 10.4. The SMILES string of the molecule is Cc1noc(C)c1S(=O)(=O)N1CCC[C@H]1c1ccc(F)cc1. The lowest BCUT2D eigenvalue weighted by atomic mass is 10.1. The highest BCUT2D eigenvalue weighted by Crippen LogP contribution is 2.37. The number of hydrogen-bond acceptors (Lipinski definition) is 4. The van der Waals surface area contributed by atoms with Gasteiger partial charge in [-0.2, -0.15) is 4.31 Å². The Morgan fingerprint density at radius 3 is 2.55 bits per heavy atom. The van der Waals surface area contributed by atoms with E-state index in [1.807, 2.05) is 0 Å². The molecule has 0 amide bonds. The summed E-state index contributed by atoms with van der Waals surface area (Å²) in [5.41, 5.74) is 1.16. The predicted octanol–water partition coefficient (Wildman–Crippen LogP) is 2.96. The summed E-state index contributed by atoms with van der Waals surface area (Å²) >= 11 is 0. The molecule has 3 rings (SSSR count). The van der Waals surface area contributed by atoms with Crippen LogP contribution < -0.4 is 0 Å². The van der Waals surface area contributed by atoms with Crippen LogP contribution >= 0.6 is 0 Å². The molecule has 0 N–H and O–H groups in total.